The summed E-state index contributed by atoms with van der Waals surface area (Å²) in [5.74, 6) is 1.56. The number of aromatic nitrogens is 1. The molecule has 1 aromatic heterocycles. The van der Waals surface area contributed by atoms with Crippen molar-refractivity contribution in [1.29, 1.82) is 0 Å². The minimum Gasteiger partial charge on any atom is -0.382 e. The number of thioether (sulfide) groups is 1. The SMILES string of the molecule is CSc1c(N)nsc1NCCN1CCC(C)CC1. The van der Waals surface area contributed by atoms with Crippen LogP contribution in [0.4, 0.5) is 10.8 Å². The Morgan fingerprint density at radius 2 is 2.22 bits per heavy atom. The number of hydrogen-bond donors (Lipinski definition) is 2. The lowest BCUT2D eigenvalue weighted by Gasteiger charge is -2.30. The average Bonchev–Trinajstić information content (AvgIpc) is 2.72. The van der Waals surface area contributed by atoms with Gasteiger partial charge in [-0.1, -0.05) is 6.92 Å². The molecule has 2 heterocycles. The summed E-state index contributed by atoms with van der Waals surface area (Å²) in [6.07, 6.45) is 4.71. The van der Waals surface area contributed by atoms with Gasteiger partial charge in [0, 0.05) is 13.1 Å². The minimum absolute atomic E-state index is 0.654. The lowest BCUT2D eigenvalue weighted by molar-refractivity contribution is 0.199. The average molecular weight is 286 g/mol. The Kier molecular flexibility index (Phi) is 5.14. The van der Waals surface area contributed by atoms with E-state index in [1.54, 1.807) is 11.8 Å². The van der Waals surface area contributed by atoms with Crippen LogP contribution in [0.2, 0.25) is 0 Å². The summed E-state index contributed by atoms with van der Waals surface area (Å²) in [6.45, 7) is 6.91. The van der Waals surface area contributed by atoms with Gasteiger partial charge < -0.3 is 16.0 Å². The lowest BCUT2D eigenvalue weighted by atomic mass is 9.99. The molecule has 1 aromatic rings. The van der Waals surface area contributed by atoms with Gasteiger partial charge in [-0.3, -0.25) is 0 Å². The number of nitrogens with zero attached hydrogens (tertiary/aromatic N) is 2. The van der Waals surface area contributed by atoms with Crippen LogP contribution in [-0.4, -0.2) is 41.7 Å². The van der Waals surface area contributed by atoms with Crippen LogP contribution in [0.15, 0.2) is 4.90 Å². The molecule has 4 nitrogen and oxygen atoms in total. The number of hydrogen-bond acceptors (Lipinski definition) is 6. The number of rotatable bonds is 5. The second-order valence-electron chi connectivity index (χ2n) is 4.88. The van der Waals surface area contributed by atoms with Crippen LogP contribution in [0.3, 0.4) is 0 Å². The summed E-state index contributed by atoms with van der Waals surface area (Å²) in [6, 6.07) is 0. The van der Waals surface area contributed by atoms with Gasteiger partial charge in [0.2, 0.25) is 0 Å². The molecule has 1 aliphatic rings. The molecular weight excluding hydrogens is 264 g/mol. The summed E-state index contributed by atoms with van der Waals surface area (Å²) in [4.78, 5) is 3.63. The zero-order valence-electron chi connectivity index (χ0n) is 11.1. The number of likely N-dealkylation sites (tertiary alicyclic amines) is 1. The van der Waals surface area contributed by atoms with Crippen LogP contribution in [-0.2, 0) is 0 Å². The van der Waals surface area contributed by atoms with Crippen molar-refractivity contribution in [3.8, 4) is 0 Å². The number of nitrogen functional groups attached to an aromatic ring is 1. The molecule has 0 amide bonds. The van der Waals surface area contributed by atoms with E-state index in [1.165, 1.54) is 37.5 Å². The fraction of sp³-hybridized carbons (Fsp3) is 0.750. The fourth-order valence-electron chi connectivity index (χ4n) is 2.22. The van der Waals surface area contributed by atoms with Crippen molar-refractivity contribution in [2.24, 2.45) is 5.92 Å². The molecule has 102 valence electrons. The molecule has 0 radical (unpaired) electrons. The zero-order valence-corrected chi connectivity index (χ0v) is 12.7. The smallest absolute Gasteiger partial charge is 0.153 e. The van der Waals surface area contributed by atoms with E-state index in [2.05, 4.69) is 21.5 Å². The van der Waals surface area contributed by atoms with Crippen molar-refractivity contribution in [3.05, 3.63) is 0 Å². The van der Waals surface area contributed by atoms with Crippen LogP contribution < -0.4 is 11.1 Å². The Bertz CT molecular complexity index is 372. The van der Waals surface area contributed by atoms with Crippen molar-refractivity contribution >= 4 is 34.1 Å². The first-order valence-corrected chi connectivity index (χ1v) is 8.46. The summed E-state index contributed by atoms with van der Waals surface area (Å²) < 4.78 is 4.19. The van der Waals surface area contributed by atoms with Gasteiger partial charge in [-0.25, -0.2) is 0 Å². The summed E-state index contributed by atoms with van der Waals surface area (Å²) in [7, 11) is 0. The van der Waals surface area contributed by atoms with Crippen molar-refractivity contribution in [2.45, 2.75) is 24.7 Å². The molecular formula is C12H22N4S2. The number of anilines is 2. The van der Waals surface area contributed by atoms with Crippen LogP contribution in [0.5, 0.6) is 0 Å². The summed E-state index contributed by atoms with van der Waals surface area (Å²) >= 11 is 3.12. The third-order valence-electron chi connectivity index (χ3n) is 3.47. The molecule has 1 fully saturated rings. The first-order valence-electron chi connectivity index (χ1n) is 6.46. The van der Waals surface area contributed by atoms with E-state index in [9.17, 15) is 0 Å². The topological polar surface area (TPSA) is 54.2 Å². The van der Waals surface area contributed by atoms with Crippen molar-refractivity contribution in [1.82, 2.24) is 9.27 Å². The monoisotopic (exact) mass is 286 g/mol. The lowest BCUT2D eigenvalue weighted by Crippen LogP contribution is -2.36. The zero-order chi connectivity index (χ0) is 13.0. The van der Waals surface area contributed by atoms with Gasteiger partial charge in [0.15, 0.2) is 5.82 Å². The number of nitrogens with two attached hydrogens (primary N) is 1. The summed E-state index contributed by atoms with van der Waals surface area (Å²) in [5.41, 5.74) is 5.81. The predicted molar refractivity (Wildman–Crippen MR) is 81.6 cm³/mol. The molecule has 0 unspecified atom stereocenters. The maximum atomic E-state index is 5.81. The highest BCUT2D eigenvalue weighted by atomic mass is 32.2. The van der Waals surface area contributed by atoms with Gasteiger partial charge in [-0.2, -0.15) is 4.37 Å². The van der Waals surface area contributed by atoms with Crippen LogP contribution >= 0.6 is 23.3 Å². The molecule has 0 spiro atoms. The third-order valence-corrected chi connectivity index (χ3v) is 5.24. The van der Waals surface area contributed by atoms with E-state index < -0.39 is 0 Å². The molecule has 3 N–H and O–H groups in total. The highest BCUT2D eigenvalue weighted by Crippen LogP contribution is 2.34. The quantitative estimate of drug-likeness (QED) is 0.815. The van der Waals surface area contributed by atoms with E-state index in [0.717, 1.165) is 28.9 Å². The first kappa shape index (κ1) is 14.0. The second-order valence-corrected chi connectivity index (χ2v) is 6.47. The maximum Gasteiger partial charge on any atom is 0.153 e. The van der Waals surface area contributed by atoms with Crippen molar-refractivity contribution in [2.75, 3.05) is 43.5 Å². The maximum absolute atomic E-state index is 5.81. The molecule has 18 heavy (non-hydrogen) atoms. The van der Waals surface area contributed by atoms with Gasteiger partial charge in [0.1, 0.15) is 5.00 Å². The van der Waals surface area contributed by atoms with Crippen molar-refractivity contribution in [3.63, 3.8) is 0 Å². The van der Waals surface area contributed by atoms with Gasteiger partial charge in [0.05, 0.1) is 4.90 Å². The van der Waals surface area contributed by atoms with Gasteiger partial charge in [-0.05, 0) is 49.6 Å². The van der Waals surface area contributed by atoms with Gasteiger partial charge in [-0.15, -0.1) is 11.8 Å². The molecule has 0 bridgehead atoms. The van der Waals surface area contributed by atoms with E-state index in [0.29, 0.717) is 5.82 Å². The fourth-order valence-corrected chi connectivity index (χ4v) is 3.78. The highest BCUT2D eigenvalue weighted by molar-refractivity contribution is 7.99. The molecule has 1 aliphatic heterocycles. The van der Waals surface area contributed by atoms with Crippen LogP contribution in [0.25, 0.3) is 0 Å². The molecule has 1 saturated heterocycles. The second kappa shape index (κ2) is 6.63. The van der Waals surface area contributed by atoms with Gasteiger partial charge in [0.25, 0.3) is 0 Å². The molecule has 0 saturated carbocycles. The van der Waals surface area contributed by atoms with Crippen LogP contribution in [0, 0.1) is 5.92 Å². The molecule has 0 aliphatic carbocycles. The third kappa shape index (κ3) is 3.52. The van der Waals surface area contributed by atoms with E-state index in [-0.39, 0.29) is 0 Å². The molecule has 0 aromatic carbocycles. The van der Waals surface area contributed by atoms with Gasteiger partial charge >= 0.3 is 0 Å². The molecule has 2 rings (SSSR count). The first-order chi connectivity index (χ1) is 8.70. The normalized spacial score (nSPS) is 18.1. The highest BCUT2D eigenvalue weighted by Gasteiger charge is 2.15. The van der Waals surface area contributed by atoms with E-state index in [1.807, 2.05) is 6.26 Å². The standard InChI is InChI=1S/C12H22N4S2/c1-9-3-6-16(7-4-9)8-5-14-12-10(17-2)11(13)15-18-12/h9,14H,3-8H2,1-2H3,(H2,13,15). The minimum atomic E-state index is 0.654. The van der Waals surface area contributed by atoms with E-state index in [4.69, 9.17) is 5.73 Å². The predicted octanol–water partition coefficient (Wildman–Crippen LogP) is 2.59. The molecule has 0 atom stereocenters. The Labute approximate surface area is 117 Å². The Morgan fingerprint density at radius 1 is 1.50 bits per heavy atom. The summed E-state index contributed by atoms with van der Waals surface area (Å²) in [5, 5.41) is 4.57. The molecule has 6 heteroatoms. The van der Waals surface area contributed by atoms with E-state index >= 15 is 0 Å². The Balaban J connectivity index is 1.75. The Hall–Kier alpha value is -0.460. The van der Waals surface area contributed by atoms with Crippen molar-refractivity contribution < 1.29 is 0 Å². The van der Waals surface area contributed by atoms with Crippen LogP contribution in [0.1, 0.15) is 19.8 Å². The number of nitrogens with one attached hydrogen (secondary N) is 1. The Morgan fingerprint density at radius 3 is 2.89 bits per heavy atom. The largest absolute Gasteiger partial charge is 0.382 e. The number of piperidine rings is 1.